The molecule has 3 N–H and O–H groups in total. The molecule has 1 aliphatic rings. The molecule has 8 heteroatoms. The van der Waals surface area contributed by atoms with Gasteiger partial charge in [0.15, 0.2) is 0 Å². The summed E-state index contributed by atoms with van der Waals surface area (Å²) in [5.41, 5.74) is 6.09. The van der Waals surface area contributed by atoms with Crippen LogP contribution in [0.1, 0.15) is 49.3 Å². The monoisotopic (exact) mass is 423 g/mol. The van der Waals surface area contributed by atoms with Gasteiger partial charge in [0.2, 0.25) is 0 Å². The zero-order valence-electron chi connectivity index (χ0n) is 18.1. The van der Waals surface area contributed by atoms with Gasteiger partial charge in [-0.2, -0.15) is 5.26 Å². The highest BCUT2D eigenvalue weighted by atomic mass is 19.1. The number of nitrogens with one attached hydrogen (secondary N) is 1. The van der Waals surface area contributed by atoms with Crippen molar-refractivity contribution in [1.29, 1.82) is 5.26 Å². The first kappa shape index (κ1) is 22.4. The summed E-state index contributed by atoms with van der Waals surface area (Å²) in [4.78, 5) is 21.3. The quantitative estimate of drug-likeness (QED) is 0.576. The maximum Gasteiger partial charge on any atom is 0.274 e. The Labute approximate surface area is 181 Å². The molecule has 0 spiro atoms. The molecule has 0 radical (unpaired) electrons. The molecular weight excluding hydrogens is 397 g/mol. The molecule has 2 atom stereocenters. The maximum atomic E-state index is 15.0. The summed E-state index contributed by atoms with van der Waals surface area (Å²) in [6.07, 6.45) is 1.32. The average molecular weight is 423 g/mol. The van der Waals surface area contributed by atoms with Crippen LogP contribution in [0, 0.1) is 28.5 Å². The number of amides is 1. The SMILES string of the molecule is CC1COCC1(N=C(N)C(C)(C)C)c1cc(NC(=O)c2ccc(C#N)cn2)ccc1F. The molecule has 0 bridgehead atoms. The van der Waals surface area contributed by atoms with Crippen molar-refractivity contribution in [2.24, 2.45) is 22.1 Å². The Morgan fingerprint density at radius 3 is 2.68 bits per heavy atom. The Hall–Kier alpha value is -3.31. The lowest BCUT2D eigenvalue weighted by atomic mass is 9.80. The van der Waals surface area contributed by atoms with Crippen LogP contribution >= 0.6 is 0 Å². The minimum atomic E-state index is -0.991. The van der Waals surface area contributed by atoms with Gasteiger partial charge >= 0.3 is 0 Å². The van der Waals surface area contributed by atoms with Crippen molar-refractivity contribution in [2.45, 2.75) is 33.2 Å². The predicted molar refractivity (Wildman–Crippen MR) is 116 cm³/mol. The summed E-state index contributed by atoms with van der Waals surface area (Å²) in [7, 11) is 0. The highest BCUT2D eigenvalue weighted by molar-refractivity contribution is 6.02. The second-order valence-electron chi connectivity index (χ2n) is 8.78. The summed E-state index contributed by atoms with van der Waals surface area (Å²) >= 11 is 0. The number of ether oxygens (including phenoxy) is 1. The number of amidine groups is 1. The van der Waals surface area contributed by atoms with Crippen LogP contribution in [0.4, 0.5) is 10.1 Å². The molecule has 3 rings (SSSR count). The van der Waals surface area contributed by atoms with Crippen molar-refractivity contribution in [3.05, 3.63) is 59.2 Å². The number of pyridine rings is 1. The van der Waals surface area contributed by atoms with Crippen LogP contribution in [0.2, 0.25) is 0 Å². The van der Waals surface area contributed by atoms with E-state index in [1.54, 1.807) is 6.07 Å². The summed E-state index contributed by atoms with van der Waals surface area (Å²) in [5.74, 6) is -0.628. The number of hydrogen-bond donors (Lipinski definition) is 2. The zero-order chi connectivity index (χ0) is 22.8. The number of carbonyl (C=O) groups is 1. The van der Waals surface area contributed by atoms with E-state index in [-0.39, 0.29) is 18.2 Å². The summed E-state index contributed by atoms with van der Waals surface area (Å²) in [5, 5.41) is 11.6. The topological polar surface area (TPSA) is 113 Å². The van der Waals surface area contributed by atoms with E-state index in [1.165, 1.54) is 30.5 Å². The minimum Gasteiger partial charge on any atom is -0.387 e. The predicted octanol–water partition coefficient (Wildman–Crippen LogP) is 3.61. The fourth-order valence-electron chi connectivity index (χ4n) is 3.32. The van der Waals surface area contributed by atoms with Gasteiger partial charge in [-0.3, -0.25) is 9.79 Å². The average Bonchev–Trinajstić information content (AvgIpc) is 3.09. The highest BCUT2D eigenvalue weighted by Gasteiger charge is 2.45. The zero-order valence-corrected chi connectivity index (χ0v) is 18.1. The van der Waals surface area contributed by atoms with Crippen molar-refractivity contribution >= 4 is 17.4 Å². The van der Waals surface area contributed by atoms with E-state index >= 15 is 4.39 Å². The van der Waals surface area contributed by atoms with Crippen molar-refractivity contribution in [1.82, 2.24) is 4.98 Å². The Morgan fingerprint density at radius 1 is 1.39 bits per heavy atom. The number of benzene rings is 1. The molecule has 2 heterocycles. The van der Waals surface area contributed by atoms with E-state index in [4.69, 9.17) is 20.7 Å². The van der Waals surface area contributed by atoms with Gasteiger partial charge in [-0.05, 0) is 30.3 Å². The van der Waals surface area contributed by atoms with E-state index in [0.29, 0.717) is 29.3 Å². The highest BCUT2D eigenvalue weighted by Crippen LogP contribution is 2.42. The third-order valence-corrected chi connectivity index (χ3v) is 5.41. The largest absolute Gasteiger partial charge is 0.387 e. The standard InChI is InChI=1S/C23H26FN5O2/c1-14-12-31-13-23(14,29-21(26)22(2,3)4)17-9-16(6-7-18(17)24)28-20(30)19-8-5-15(10-25)11-27-19/h5-9,11,14H,12-13H2,1-4H3,(H2,26,29)(H,28,30). The molecule has 2 aromatic rings. The van der Waals surface area contributed by atoms with Crippen molar-refractivity contribution in [3.63, 3.8) is 0 Å². The van der Waals surface area contributed by atoms with Crippen LogP contribution < -0.4 is 11.1 Å². The Morgan fingerprint density at radius 2 is 2.13 bits per heavy atom. The van der Waals surface area contributed by atoms with Crippen molar-refractivity contribution in [2.75, 3.05) is 18.5 Å². The first-order valence-corrected chi connectivity index (χ1v) is 9.98. The lowest BCUT2D eigenvalue weighted by Crippen LogP contribution is -2.38. The van der Waals surface area contributed by atoms with Gasteiger partial charge in [0, 0.05) is 28.8 Å². The molecule has 2 unspecified atom stereocenters. The molecular formula is C23H26FN5O2. The molecule has 1 aromatic carbocycles. The van der Waals surface area contributed by atoms with E-state index in [1.807, 2.05) is 33.8 Å². The summed E-state index contributed by atoms with van der Waals surface area (Å²) < 4.78 is 20.7. The van der Waals surface area contributed by atoms with Gasteiger partial charge < -0.3 is 15.8 Å². The first-order chi connectivity index (χ1) is 14.6. The van der Waals surface area contributed by atoms with E-state index < -0.39 is 22.7 Å². The van der Waals surface area contributed by atoms with Crippen LogP contribution in [0.15, 0.2) is 41.5 Å². The van der Waals surface area contributed by atoms with Gasteiger partial charge in [-0.15, -0.1) is 0 Å². The van der Waals surface area contributed by atoms with Crippen LogP contribution in [-0.4, -0.2) is 29.9 Å². The number of aliphatic imine (C=N–C) groups is 1. The lowest BCUT2D eigenvalue weighted by Gasteiger charge is -2.32. The molecule has 1 aromatic heterocycles. The Bertz CT molecular complexity index is 1050. The number of nitrogens with two attached hydrogens (primary N) is 1. The van der Waals surface area contributed by atoms with Gasteiger partial charge in [-0.1, -0.05) is 27.7 Å². The normalized spacial score (nSPS) is 21.5. The van der Waals surface area contributed by atoms with Crippen LogP contribution in [0.3, 0.4) is 0 Å². The minimum absolute atomic E-state index is 0.117. The maximum absolute atomic E-state index is 15.0. The van der Waals surface area contributed by atoms with Crippen molar-refractivity contribution in [3.8, 4) is 6.07 Å². The molecule has 7 nitrogen and oxygen atoms in total. The van der Waals surface area contributed by atoms with E-state index in [2.05, 4.69) is 10.3 Å². The number of rotatable bonds is 4. The molecule has 1 fully saturated rings. The third kappa shape index (κ3) is 4.57. The number of halogens is 1. The van der Waals surface area contributed by atoms with Crippen LogP contribution in [-0.2, 0) is 10.3 Å². The number of hydrogen-bond acceptors (Lipinski definition) is 5. The van der Waals surface area contributed by atoms with Gasteiger partial charge in [0.1, 0.15) is 29.0 Å². The smallest absolute Gasteiger partial charge is 0.274 e. The molecule has 1 amide bonds. The molecule has 0 saturated carbocycles. The second kappa shape index (κ2) is 8.44. The van der Waals surface area contributed by atoms with Gasteiger partial charge in [0.05, 0.1) is 18.8 Å². The third-order valence-electron chi connectivity index (χ3n) is 5.41. The van der Waals surface area contributed by atoms with Gasteiger partial charge in [-0.25, -0.2) is 9.37 Å². The molecule has 31 heavy (non-hydrogen) atoms. The fourth-order valence-corrected chi connectivity index (χ4v) is 3.32. The van der Waals surface area contributed by atoms with Crippen molar-refractivity contribution < 1.29 is 13.9 Å². The van der Waals surface area contributed by atoms with Crippen LogP contribution in [0.5, 0.6) is 0 Å². The molecule has 0 aliphatic carbocycles. The first-order valence-electron chi connectivity index (χ1n) is 9.98. The number of nitriles is 1. The number of carbonyl (C=O) groups excluding carboxylic acids is 1. The number of nitrogens with zero attached hydrogens (tertiary/aromatic N) is 3. The molecule has 162 valence electrons. The Kier molecular flexibility index (Phi) is 6.09. The second-order valence-corrected chi connectivity index (χ2v) is 8.78. The number of aromatic nitrogens is 1. The molecule has 1 saturated heterocycles. The summed E-state index contributed by atoms with van der Waals surface area (Å²) in [6.45, 7) is 8.38. The van der Waals surface area contributed by atoms with E-state index in [9.17, 15) is 4.79 Å². The van der Waals surface area contributed by atoms with E-state index in [0.717, 1.165) is 0 Å². The molecule has 1 aliphatic heterocycles. The number of anilines is 1. The Balaban J connectivity index is 1.98. The van der Waals surface area contributed by atoms with Crippen LogP contribution in [0.25, 0.3) is 0 Å². The lowest BCUT2D eigenvalue weighted by molar-refractivity contribution is 0.102. The fraction of sp³-hybridized carbons (Fsp3) is 0.391. The summed E-state index contributed by atoms with van der Waals surface area (Å²) in [6, 6.07) is 9.27. The van der Waals surface area contributed by atoms with Gasteiger partial charge in [0.25, 0.3) is 5.91 Å².